The van der Waals surface area contributed by atoms with E-state index < -0.39 is 0 Å². The van der Waals surface area contributed by atoms with E-state index in [0.717, 1.165) is 0 Å². The van der Waals surface area contributed by atoms with Gasteiger partial charge >= 0.3 is 0 Å². The van der Waals surface area contributed by atoms with Crippen LogP contribution in [0.25, 0.3) is 0 Å². The Labute approximate surface area is 114 Å². The van der Waals surface area contributed by atoms with Crippen LogP contribution in [-0.4, -0.2) is 44.0 Å². The molecule has 0 aliphatic heterocycles. The molecule has 0 radical (unpaired) electrons. The van der Waals surface area contributed by atoms with Gasteiger partial charge in [0, 0.05) is 7.05 Å². The van der Waals surface area contributed by atoms with E-state index in [9.17, 15) is 0 Å². The zero-order valence-corrected chi connectivity index (χ0v) is 11.2. The Morgan fingerprint density at radius 2 is 1.47 bits per heavy atom. The number of hydrogen-bond acceptors (Lipinski definition) is 10. The van der Waals surface area contributed by atoms with Crippen LogP contribution >= 0.6 is 11.6 Å². The fraction of sp³-hybridized carbons (Fsp3) is 0.250. The highest BCUT2D eigenvalue weighted by Crippen LogP contribution is 1.96. The van der Waals surface area contributed by atoms with Crippen LogP contribution in [-0.2, 0) is 0 Å². The van der Waals surface area contributed by atoms with Crippen molar-refractivity contribution in [2.45, 2.75) is 0 Å². The van der Waals surface area contributed by atoms with Crippen LogP contribution in [0.1, 0.15) is 0 Å². The lowest BCUT2D eigenvalue weighted by Crippen LogP contribution is -2.00. The molecule has 0 aliphatic carbocycles. The second kappa shape index (κ2) is 9.67. The van der Waals surface area contributed by atoms with Gasteiger partial charge in [0.1, 0.15) is 12.7 Å². The van der Waals surface area contributed by atoms with Crippen LogP contribution in [0.15, 0.2) is 12.7 Å². The van der Waals surface area contributed by atoms with Crippen molar-refractivity contribution in [2.75, 3.05) is 30.9 Å². The van der Waals surface area contributed by atoms with Crippen LogP contribution in [0.3, 0.4) is 0 Å². The highest BCUT2D eigenvalue weighted by molar-refractivity contribution is 6.28. The van der Waals surface area contributed by atoms with Gasteiger partial charge in [-0.05, 0) is 18.6 Å². The smallest absolute Gasteiger partial charge is 0.227 e. The fourth-order valence-electron chi connectivity index (χ4n) is 0.717. The molecule has 0 saturated carbocycles. The third-order valence-corrected chi connectivity index (χ3v) is 1.56. The van der Waals surface area contributed by atoms with Gasteiger partial charge in [0.05, 0.1) is 0 Å². The molecule has 0 unspecified atom stereocenters. The molecule has 2 aromatic rings. The van der Waals surface area contributed by atoms with Gasteiger partial charge in [-0.3, -0.25) is 0 Å². The summed E-state index contributed by atoms with van der Waals surface area (Å²) in [7, 11) is 3.22. The van der Waals surface area contributed by atoms with Gasteiger partial charge in [0.15, 0.2) is 0 Å². The van der Waals surface area contributed by atoms with Crippen molar-refractivity contribution in [3.8, 4) is 0 Å². The summed E-state index contributed by atoms with van der Waals surface area (Å²) >= 11 is 5.30. The molecule has 19 heavy (non-hydrogen) atoms. The standard InChI is InChI=1S/C4H7N5.C3H3ClN4.CH5N/c1-6-4-8-2-7-3(5)9-4;4-2-6-1-7-3(5)8-2;1-2/h2H,1H3,(H3,5,6,7,8,9);1H,(H2,5,6,7,8);2H2,1H3. The van der Waals surface area contributed by atoms with Crippen molar-refractivity contribution >= 4 is 29.4 Å². The van der Waals surface area contributed by atoms with Crippen LogP contribution in [0.4, 0.5) is 17.8 Å². The third-order valence-electron chi connectivity index (χ3n) is 1.38. The molecule has 0 aromatic carbocycles. The van der Waals surface area contributed by atoms with E-state index in [1.54, 1.807) is 7.05 Å². The molecule has 0 spiro atoms. The van der Waals surface area contributed by atoms with Gasteiger partial charge in [-0.2, -0.15) is 9.97 Å². The third kappa shape index (κ3) is 7.57. The second-order valence-corrected chi connectivity index (χ2v) is 2.87. The highest BCUT2D eigenvalue weighted by atomic mass is 35.5. The number of halogens is 1. The molecule has 10 nitrogen and oxygen atoms in total. The van der Waals surface area contributed by atoms with Crippen molar-refractivity contribution in [2.24, 2.45) is 5.73 Å². The monoisotopic (exact) mass is 286 g/mol. The first kappa shape index (κ1) is 16.7. The van der Waals surface area contributed by atoms with Gasteiger partial charge in [0.2, 0.25) is 23.1 Å². The molecule has 0 bridgehead atoms. The lowest BCUT2D eigenvalue weighted by molar-refractivity contribution is 1.06. The summed E-state index contributed by atoms with van der Waals surface area (Å²) in [5.74, 6) is 0.863. The average molecular weight is 287 g/mol. The molecule has 0 amide bonds. The average Bonchev–Trinajstić information content (AvgIpc) is 2.41. The van der Waals surface area contributed by atoms with Crippen molar-refractivity contribution in [1.82, 2.24) is 29.9 Å². The molecule has 2 rings (SSSR count). The van der Waals surface area contributed by atoms with E-state index in [1.807, 2.05) is 0 Å². The van der Waals surface area contributed by atoms with Crippen LogP contribution in [0.5, 0.6) is 0 Å². The molecular formula is C8H15ClN10. The molecule has 104 valence electrons. The van der Waals surface area contributed by atoms with Gasteiger partial charge in [-0.25, -0.2) is 19.9 Å². The topological polar surface area (TPSA) is 167 Å². The second-order valence-electron chi connectivity index (χ2n) is 2.53. The van der Waals surface area contributed by atoms with Crippen LogP contribution < -0.4 is 22.5 Å². The molecule has 2 aromatic heterocycles. The number of nitrogens with zero attached hydrogens (tertiary/aromatic N) is 6. The van der Waals surface area contributed by atoms with Crippen molar-refractivity contribution in [1.29, 1.82) is 0 Å². The molecule has 0 aliphatic rings. The van der Waals surface area contributed by atoms with Crippen LogP contribution in [0.2, 0.25) is 5.28 Å². The summed E-state index contributed by atoms with van der Waals surface area (Å²) < 4.78 is 0. The van der Waals surface area contributed by atoms with Gasteiger partial charge < -0.3 is 22.5 Å². The summed E-state index contributed by atoms with van der Waals surface area (Å²) in [6.45, 7) is 0. The van der Waals surface area contributed by atoms with E-state index in [4.69, 9.17) is 23.1 Å². The number of nitrogens with one attached hydrogen (secondary N) is 1. The van der Waals surface area contributed by atoms with Gasteiger partial charge in [-0.1, -0.05) is 0 Å². The number of anilines is 3. The SMILES string of the molecule is CN.CNc1ncnc(N)n1.Nc1ncnc(Cl)n1. The minimum atomic E-state index is 0.123. The maximum Gasteiger partial charge on any atom is 0.227 e. The number of aromatic nitrogens is 6. The zero-order chi connectivity index (χ0) is 14.7. The Balaban J connectivity index is 0.000000303. The summed E-state index contributed by atoms with van der Waals surface area (Å²) in [5, 5.41) is 2.85. The largest absolute Gasteiger partial charge is 0.368 e. The van der Waals surface area contributed by atoms with E-state index >= 15 is 0 Å². The summed E-state index contributed by atoms with van der Waals surface area (Å²) in [6, 6.07) is 0. The van der Waals surface area contributed by atoms with E-state index in [1.165, 1.54) is 19.7 Å². The molecule has 7 N–H and O–H groups in total. The summed E-state index contributed by atoms with van der Waals surface area (Å²) in [4.78, 5) is 21.6. The van der Waals surface area contributed by atoms with E-state index in [2.05, 4.69) is 41.0 Å². The maximum atomic E-state index is 5.30. The number of hydrogen-bond donors (Lipinski definition) is 4. The normalized spacial score (nSPS) is 8.42. The van der Waals surface area contributed by atoms with E-state index in [-0.39, 0.29) is 17.2 Å². The predicted molar refractivity (Wildman–Crippen MR) is 73.1 cm³/mol. The number of nitrogens with two attached hydrogens (primary N) is 3. The lowest BCUT2D eigenvalue weighted by Gasteiger charge is -1.94. The lowest BCUT2D eigenvalue weighted by atomic mass is 10.9. The van der Waals surface area contributed by atoms with Crippen molar-refractivity contribution < 1.29 is 0 Å². The number of nitrogen functional groups attached to an aromatic ring is 2. The number of rotatable bonds is 1. The molecular weight excluding hydrogens is 272 g/mol. The molecule has 0 saturated heterocycles. The first-order chi connectivity index (χ1) is 9.11. The highest BCUT2D eigenvalue weighted by Gasteiger charge is 1.90. The minimum absolute atomic E-state index is 0.123. The van der Waals surface area contributed by atoms with E-state index in [0.29, 0.717) is 5.95 Å². The van der Waals surface area contributed by atoms with Crippen molar-refractivity contribution in [3.63, 3.8) is 0 Å². The Morgan fingerprint density at radius 3 is 1.79 bits per heavy atom. The first-order valence-corrected chi connectivity index (χ1v) is 5.29. The van der Waals surface area contributed by atoms with Gasteiger partial charge in [0.25, 0.3) is 0 Å². The Bertz CT molecular complexity index is 461. The fourth-order valence-corrected chi connectivity index (χ4v) is 0.848. The predicted octanol–water partition coefficient (Wildman–Crippen LogP) is -0.822. The summed E-state index contributed by atoms with van der Waals surface area (Å²) in [5.41, 5.74) is 14.8. The Hall–Kier alpha value is -2.33. The maximum absolute atomic E-state index is 5.30. The van der Waals surface area contributed by atoms with Gasteiger partial charge in [-0.15, -0.1) is 0 Å². The zero-order valence-electron chi connectivity index (χ0n) is 10.4. The Morgan fingerprint density at radius 1 is 0.947 bits per heavy atom. The van der Waals surface area contributed by atoms with Crippen molar-refractivity contribution in [3.05, 3.63) is 17.9 Å². The summed E-state index contributed by atoms with van der Waals surface area (Å²) in [6.07, 6.45) is 2.61. The minimum Gasteiger partial charge on any atom is -0.368 e. The molecule has 11 heteroatoms. The molecule has 0 atom stereocenters. The Kier molecular flexibility index (Phi) is 8.49. The first-order valence-electron chi connectivity index (χ1n) is 4.92. The molecule has 2 heterocycles. The molecule has 0 fully saturated rings. The van der Waals surface area contributed by atoms with Crippen LogP contribution in [0, 0.1) is 0 Å². The quantitative estimate of drug-likeness (QED) is 0.519.